The fourth-order valence-corrected chi connectivity index (χ4v) is 3.75. The number of unbranched alkanes of at least 4 members (excludes halogenated alkanes) is 1. The van der Waals surface area contributed by atoms with Gasteiger partial charge in [0.1, 0.15) is 6.04 Å². The average molecular weight is 455 g/mol. The molecule has 2 amide bonds. The van der Waals surface area contributed by atoms with Gasteiger partial charge in [0.15, 0.2) is 11.5 Å². The maximum absolute atomic E-state index is 13.4. The number of carbonyl (C=O) groups excluding carboxylic acids is 2. The highest BCUT2D eigenvalue weighted by atomic mass is 16.5. The predicted octanol–water partition coefficient (Wildman–Crippen LogP) is 4.67. The Morgan fingerprint density at radius 2 is 1.64 bits per heavy atom. The van der Waals surface area contributed by atoms with Crippen LogP contribution in [0.25, 0.3) is 0 Å². The van der Waals surface area contributed by atoms with E-state index in [0.29, 0.717) is 43.9 Å². The lowest BCUT2D eigenvalue weighted by Crippen LogP contribution is -2.49. The summed E-state index contributed by atoms with van der Waals surface area (Å²) in [6.45, 7) is 7.11. The van der Waals surface area contributed by atoms with Crippen molar-refractivity contribution in [2.75, 3.05) is 20.8 Å². The average Bonchev–Trinajstić information content (AvgIpc) is 2.83. The summed E-state index contributed by atoms with van der Waals surface area (Å²) >= 11 is 0. The largest absolute Gasteiger partial charge is 0.493 e. The topological polar surface area (TPSA) is 67.9 Å². The van der Waals surface area contributed by atoms with Gasteiger partial charge in [0.05, 0.1) is 14.2 Å². The Bertz CT molecular complexity index is 895. The summed E-state index contributed by atoms with van der Waals surface area (Å²) in [5, 5.41) is 3.00. The molecule has 2 aromatic rings. The molecule has 2 aromatic carbocycles. The van der Waals surface area contributed by atoms with Crippen LogP contribution in [0.3, 0.4) is 0 Å². The molecule has 0 aliphatic rings. The number of aryl methyl sites for hydroxylation is 2. The zero-order valence-electron chi connectivity index (χ0n) is 20.6. The summed E-state index contributed by atoms with van der Waals surface area (Å²) in [6, 6.07) is 13.3. The molecule has 0 saturated heterocycles. The Kier molecular flexibility index (Phi) is 10.7. The highest BCUT2D eigenvalue weighted by molar-refractivity contribution is 5.87. The monoisotopic (exact) mass is 454 g/mol. The standard InChI is InChI=1S/C27H38N2O4/c1-6-8-17-28-27(31)23(7-2)29(19-22-11-9-20(3)10-12-22)26(30)16-14-21-13-15-24(32-4)25(18-21)33-5/h9-13,15,18,23H,6-8,14,16-17,19H2,1-5H3,(H,28,31). The number of rotatable bonds is 13. The molecule has 6 nitrogen and oxygen atoms in total. The molecule has 0 saturated carbocycles. The second-order valence-corrected chi connectivity index (χ2v) is 8.27. The van der Waals surface area contributed by atoms with Crippen LogP contribution in [-0.2, 0) is 22.6 Å². The van der Waals surface area contributed by atoms with Crippen LogP contribution in [0.15, 0.2) is 42.5 Å². The minimum Gasteiger partial charge on any atom is -0.493 e. The molecule has 0 bridgehead atoms. The van der Waals surface area contributed by atoms with Crippen molar-refractivity contribution in [3.8, 4) is 11.5 Å². The van der Waals surface area contributed by atoms with Gasteiger partial charge in [-0.3, -0.25) is 9.59 Å². The molecule has 0 aliphatic heterocycles. The second-order valence-electron chi connectivity index (χ2n) is 8.27. The van der Waals surface area contributed by atoms with Crippen LogP contribution in [0.2, 0.25) is 0 Å². The molecule has 6 heteroatoms. The van der Waals surface area contributed by atoms with Crippen molar-refractivity contribution in [2.45, 2.75) is 65.5 Å². The Hall–Kier alpha value is -3.02. The van der Waals surface area contributed by atoms with Crippen LogP contribution in [0, 0.1) is 6.92 Å². The van der Waals surface area contributed by atoms with E-state index in [-0.39, 0.29) is 11.8 Å². The van der Waals surface area contributed by atoms with Crippen molar-refractivity contribution in [1.29, 1.82) is 0 Å². The molecule has 0 radical (unpaired) electrons. The lowest BCUT2D eigenvalue weighted by Gasteiger charge is -2.31. The van der Waals surface area contributed by atoms with Gasteiger partial charge in [-0.25, -0.2) is 0 Å². The van der Waals surface area contributed by atoms with Crippen molar-refractivity contribution in [3.05, 3.63) is 59.2 Å². The second kappa shape index (κ2) is 13.5. The highest BCUT2D eigenvalue weighted by Gasteiger charge is 2.28. The summed E-state index contributed by atoms with van der Waals surface area (Å²) in [5.41, 5.74) is 3.16. The third-order valence-electron chi connectivity index (χ3n) is 5.76. The predicted molar refractivity (Wildman–Crippen MR) is 132 cm³/mol. The van der Waals surface area contributed by atoms with E-state index < -0.39 is 6.04 Å². The van der Waals surface area contributed by atoms with E-state index in [9.17, 15) is 9.59 Å². The molecule has 1 atom stereocenters. The number of nitrogens with one attached hydrogen (secondary N) is 1. The van der Waals surface area contributed by atoms with Crippen LogP contribution < -0.4 is 14.8 Å². The molecule has 0 aliphatic carbocycles. The van der Waals surface area contributed by atoms with Gasteiger partial charge in [-0.2, -0.15) is 0 Å². The van der Waals surface area contributed by atoms with Crippen LogP contribution in [0.4, 0.5) is 0 Å². The Morgan fingerprint density at radius 1 is 0.970 bits per heavy atom. The van der Waals surface area contributed by atoms with Gasteiger partial charge in [0, 0.05) is 19.5 Å². The van der Waals surface area contributed by atoms with Gasteiger partial charge >= 0.3 is 0 Å². The number of amides is 2. The van der Waals surface area contributed by atoms with E-state index in [1.54, 1.807) is 19.1 Å². The van der Waals surface area contributed by atoms with Crippen LogP contribution >= 0.6 is 0 Å². The Balaban J connectivity index is 2.19. The Morgan fingerprint density at radius 3 is 2.24 bits per heavy atom. The molecular formula is C27H38N2O4. The summed E-state index contributed by atoms with van der Waals surface area (Å²) in [5.74, 6) is 1.17. The fraction of sp³-hybridized carbons (Fsp3) is 0.481. The van der Waals surface area contributed by atoms with Crippen molar-refractivity contribution in [1.82, 2.24) is 10.2 Å². The number of hydrogen-bond acceptors (Lipinski definition) is 4. The summed E-state index contributed by atoms with van der Waals surface area (Å²) in [6.07, 6.45) is 3.35. The quantitative estimate of drug-likeness (QED) is 0.447. The molecule has 0 spiro atoms. The third kappa shape index (κ3) is 7.81. The molecule has 0 fully saturated rings. The molecule has 1 unspecified atom stereocenters. The zero-order chi connectivity index (χ0) is 24.2. The third-order valence-corrected chi connectivity index (χ3v) is 5.76. The molecule has 0 aromatic heterocycles. The van der Waals surface area contributed by atoms with Gasteiger partial charge in [0.25, 0.3) is 0 Å². The number of carbonyl (C=O) groups is 2. The van der Waals surface area contributed by atoms with Crippen molar-refractivity contribution in [3.63, 3.8) is 0 Å². The molecule has 180 valence electrons. The van der Waals surface area contributed by atoms with Crippen molar-refractivity contribution in [2.24, 2.45) is 0 Å². The van der Waals surface area contributed by atoms with Crippen LogP contribution in [0.1, 0.15) is 56.2 Å². The molecule has 2 rings (SSSR count). The van der Waals surface area contributed by atoms with Gasteiger partial charge < -0.3 is 19.7 Å². The van der Waals surface area contributed by atoms with E-state index in [1.807, 2.05) is 56.3 Å². The molecule has 0 heterocycles. The number of nitrogens with zero attached hydrogens (tertiary/aromatic N) is 1. The van der Waals surface area contributed by atoms with Gasteiger partial charge in [-0.1, -0.05) is 56.2 Å². The van der Waals surface area contributed by atoms with E-state index in [1.165, 1.54) is 0 Å². The first kappa shape index (κ1) is 26.2. The number of benzene rings is 2. The maximum atomic E-state index is 13.4. The Labute approximate surface area is 198 Å². The number of methoxy groups -OCH3 is 2. The van der Waals surface area contributed by atoms with Gasteiger partial charge in [-0.05, 0) is 49.4 Å². The van der Waals surface area contributed by atoms with E-state index in [2.05, 4.69) is 12.2 Å². The first-order chi connectivity index (χ1) is 15.9. The SMILES string of the molecule is CCCCNC(=O)C(CC)N(Cc1ccc(C)cc1)C(=O)CCc1ccc(OC)c(OC)c1. The zero-order valence-corrected chi connectivity index (χ0v) is 20.6. The normalized spacial score (nSPS) is 11.5. The maximum Gasteiger partial charge on any atom is 0.242 e. The molecule has 33 heavy (non-hydrogen) atoms. The first-order valence-corrected chi connectivity index (χ1v) is 11.8. The van der Waals surface area contributed by atoms with E-state index >= 15 is 0 Å². The molecule has 1 N–H and O–H groups in total. The van der Waals surface area contributed by atoms with E-state index in [4.69, 9.17) is 9.47 Å². The smallest absolute Gasteiger partial charge is 0.242 e. The number of hydrogen-bond donors (Lipinski definition) is 1. The first-order valence-electron chi connectivity index (χ1n) is 11.8. The van der Waals surface area contributed by atoms with Gasteiger partial charge in [-0.15, -0.1) is 0 Å². The fourth-order valence-electron chi connectivity index (χ4n) is 3.75. The number of ether oxygens (including phenoxy) is 2. The van der Waals surface area contributed by atoms with Crippen molar-refractivity contribution < 1.29 is 19.1 Å². The summed E-state index contributed by atoms with van der Waals surface area (Å²) < 4.78 is 10.7. The minimum absolute atomic E-state index is 0.0390. The summed E-state index contributed by atoms with van der Waals surface area (Å²) in [4.78, 5) is 28.1. The minimum atomic E-state index is -0.499. The van der Waals surface area contributed by atoms with Crippen LogP contribution in [-0.4, -0.2) is 43.5 Å². The lowest BCUT2D eigenvalue weighted by molar-refractivity contribution is -0.141. The lowest BCUT2D eigenvalue weighted by atomic mass is 10.0. The van der Waals surface area contributed by atoms with E-state index in [0.717, 1.165) is 29.5 Å². The highest BCUT2D eigenvalue weighted by Crippen LogP contribution is 2.28. The van der Waals surface area contributed by atoms with Crippen LogP contribution in [0.5, 0.6) is 11.5 Å². The summed E-state index contributed by atoms with van der Waals surface area (Å²) in [7, 11) is 3.19. The van der Waals surface area contributed by atoms with Gasteiger partial charge in [0.2, 0.25) is 11.8 Å². The van der Waals surface area contributed by atoms with Crippen molar-refractivity contribution >= 4 is 11.8 Å². The molecular weight excluding hydrogens is 416 g/mol.